The first-order chi connectivity index (χ1) is 10.8. The molecule has 0 amide bonds. The first-order valence-corrected chi connectivity index (χ1v) is 8.00. The van der Waals surface area contributed by atoms with Gasteiger partial charge < -0.3 is 14.0 Å². The fourth-order valence-electron chi connectivity index (χ4n) is 2.09. The summed E-state index contributed by atoms with van der Waals surface area (Å²) < 4.78 is 42.1. The first kappa shape index (κ1) is 16.8. The zero-order valence-corrected chi connectivity index (χ0v) is 13.9. The van der Waals surface area contributed by atoms with Gasteiger partial charge in [-0.05, 0) is 32.0 Å². The lowest BCUT2D eigenvalue weighted by Crippen LogP contribution is -2.15. The van der Waals surface area contributed by atoms with Crippen molar-refractivity contribution in [2.75, 3.05) is 18.9 Å². The molecule has 0 bridgehead atoms. The van der Waals surface area contributed by atoms with E-state index in [1.54, 1.807) is 0 Å². The number of carbonyl (C=O) groups is 1. The second-order valence-electron chi connectivity index (χ2n) is 4.67. The number of anilines is 1. The Balaban J connectivity index is 2.48. The van der Waals surface area contributed by atoms with Crippen molar-refractivity contribution >= 4 is 21.7 Å². The number of aryl methyl sites for hydroxylation is 2. The summed E-state index contributed by atoms with van der Waals surface area (Å²) in [7, 11) is -1.33. The molecule has 1 heterocycles. The number of rotatable bonds is 5. The predicted molar refractivity (Wildman–Crippen MR) is 81.1 cm³/mol. The van der Waals surface area contributed by atoms with Gasteiger partial charge in [0.25, 0.3) is 10.0 Å². The van der Waals surface area contributed by atoms with Crippen LogP contribution in [0.15, 0.2) is 27.6 Å². The van der Waals surface area contributed by atoms with E-state index in [0.29, 0.717) is 0 Å². The molecule has 0 atom stereocenters. The van der Waals surface area contributed by atoms with Gasteiger partial charge in [-0.3, -0.25) is 4.72 Å². The molecule has 9 heteroatoms. The van der Waals surface area contributed by atoms with Crippen LogP contribution >= 0.6 is 0 Å². The molecule has 1 N–H and O–H groups in total. The molecule has 0 radical (unpaired) electrons. The van der Waals surface area contributed by atoms with Crippen molar-refractivity contribution in [3.05, 3.63) is 35.2 Å². The number of benzene rings is 1. The van der Waals surface area contributed by atoms with E-state index in [4.69, 9.17) is 9.26 Å². The number of nitrogens with zero attached hydrogens (tertiary/aromatic N) is 1. The van der Waals surface area contributed by atoms with E-state index >= 15 is 0 Å². The van der Waals surface area contributed by atoms with Crippen LogP contribution in [0.25, 0.3) is 0 Å². The molecule has 0 fully saturated rings. The van der Waals surface area contributed by atoms with Crippen LogP contribution in [0.4, 0.5) is 5.69 Å². The van der Waals surface area contributed by atoms with Crippen molar-refractivity contribution in [1.82, 2.24) is 5.16 Å². The number of methoxy groups -OCH3 is 2. The molecule has 0 saturated carbocycles. The minimum absolute atomic E-state index is 0.0528. The fraction of sp³-hybridized carbons (Fsp3) is 0.286. The third kappa shape index (κ3) is 3.29. The molecule has 0 spiro atoms. The van der Waals surface area contributed by atoms with Gasteiger partial charge in [0.1, 0.15) is 11.4 Å². The van der Waals surface area contributed by atoms with Crippen LogP contribution in [-0.2, 0) is 14.8 Å². The van der Waals surface area contributed by atoms with Gasteiger partial charge in [0, 0.05) is 0 Å². The van der Waals surface area contributed by atoms with Gasteiger partial charge in [-0.25, -0.2) is 13.2 Å². The van der Waals surface area contributed by atoms with Crippen molar-refractivity contribution in [1.29, 1.82) is 0 Å². The lowest BCUT2D eigenvalue weighted by atomic mass is 10.2. The Hall–Kier alpha value is -2.55. The van der Waals surface area contributed by atoms with Crippen LogP contribution in [0.1, 0.15) is 21.8 Å². The van der Waals surface area contributed by atoms with E-state index in [0.717, 1.165) is 0 Å². The standard InChI is InChI=1S/C14H16N2O6S/c1-8-13(9(2)22-15-8)23(18,19)16-11-7-10(14(17)21-4)5-6-12(11)20-3/h5-7,16H,1-4H3. The summed E-state index contributed by atoms with van der Waals surface area (Å²) in [6.07, 6.45) is 0. The molecule has 0 aliphatic heterocycles. The van der Waals surface area contributed by atoms with Crippen LogP contribution in [-0.4, -0.2) is 33.8 Å². The minimum Gasteiger partial charge on any atom is -0.495 e. The molecule has 0 aliphatic rings. The molecule has 2 rings (SSSR count). The summed E-state index contributed by atoms with van der Waals surface area (Å²) in [5.41, 5.74) is 0.526. The maximum atomic E-state index is 12.5. The normalized spacial score (nSPS) is 11.1. The van der Waals surface area contributed by atoms with Crippen LogP contribution in [0.3, 0.4) is 0 Å². The molecular formula is C14H16N2O6S. The van der Waals surface area contributed by atoms with Crippen LogP contribution in [0.5, 0.6) is 5.75 Å². The van der Waals surface area contributed by atoms with Gasteiger partial charge in [0.2, 0.25) is 0 Å². The van der Waals surface area contributed by atoms with E-state index in [1.165, 1.54) is 46.3 Å². The number of hydrogen-bond acceptors (Lipinski definition) is 7. The Morgan fingerprint density at radius 1 is 1.26 bits per heavy atom. The quantitative estimate of drug-likeness (QED) is 0.828. The molecule has 1 aromatic heterocycles. The first-order valence-electron chi connectivity index (χ1n) is 6.52. The van der Waals surface area contributed by atoms with Gasteiger partial charge in [-0.15, -0.1) is 0 Å². The van der Waals surface area contributed by atoms with Crippen LogP contribution < -0.4 is 9.46 Å². The highest BCUT2D eigenvalue weighted by Gasteiger charge is 2.25. The molecule has 2 aromatic rings. The highest BCUT2D eigenvalue weighted by atomic mass is 32.2. The van der Waals surface area contributed by atoms with Crippen molar-refractivity contribution in [3.63, 3.8) is 0 Å². The Kier molecular flexibility index (Phi) is 4.60. The third-order valence-electron chi connectivity index (χ3n) is 3.10. The third-order valence-corrected chi connectivity index (χ3v) is 4.71. The van der Waals surface area contributed by atoms with E-state index in [9.17, 15) is 13.2 Å². The van der Waals surface area contributed by atoms with Crippen molar-refractivity contribution in [2.45, 2.75) is 18.7 Å². The topological polar surface area (TPSA) is 108 Å². The van der Waals surface area contributed by atoms with Crippen LogP contribution in [0.2, 0.25) is 0 Å². The van der Waals surface area contributed by atoms with Crippen LogP contribution in [0, 0.1) is 13.8 Å². The summed E-state index contributed by atoms with van der Waals surface area (Å²) in [5.74, 6) is -0.170. The zero-order valence-electron chi connectivity index (χ0n) is 13.0. The Morgan fingerprint density at radius 2 is 1.96 bits per heavy atom. The second-order valence-corrected chi connectivity index (χ2v) is 6.28. The lowest BCUT2D eigenvalue weighted by Gasteiger charge is -2.12. The predicted octanol–water partition coefficient (Wildman–Crippen LogP) is 1.89. The molecule has 1 aromatic carbocycles. The van der Waals surface area contributed by atoms with Gasteiger partial charge in [-0.1, -0.05) is 5.16 Å². The monoisotopic (exact) mass is 340 g/mol. The van der Waals surface area contributed by atoms with E-state index in [1.807, 2.05) is 0 Å². The number of sulfonamides is 1. The fourth-order valence-corrected chi connectivity index (χ4v) is 3.48. The summed E-state index contributed by atoms with van der Waals surface area (Å²) in [4.78, 5) is 11.5. The number of carbonyl (C=O) groups excluding carboxylic acids is 1. The minimum atomic E-state index is -3.95. The van der Waals surface area contributed by atoms with Gasteiger partial charge in [0.15, 0.2) is 10.7 Å². The van der Waals surface area contributed by atoms with E-state index in [-0.39, 0.29) is 33.4 Å². The smallest absolute Gasteiger partial charge is 0.337 e. The summed E-state index contributed by atoms with van der Waals surface area (Å²) in [6.45, 7) is 3.02. The number of esters is 1. The van der Waals surface area contributed by atoms with E-state index < -0.39 is 16.0 Å². The molecule has 8 nitrogen and oxygen atoms in total. The van der Waals surface area contributed by atoms with Gasteiger partial charge >= 0.3 is 5.97 Å². The lowest BCUT2D eigenvalue weighted by molar-refractivity contribution is 0.0600. The summed E-state index contributed by atoms with van der Waals surface area (Å²) in [5, 5.41) is 3.63. The number of aromatic nitrogens is 1. The average molecular weight is 340 g/mol. The Bertz CT molecular complexity index is 821. The highest BCUT2D eigenvalue weighted by Crippen LogP contribution is 2.29. The van der Waals surface area contributed by atoms with E-state index in [2.05, 4.69) is 14.6 Å². The average Bonchev–Trinajstić information content (AvgIpc) is 2.85. The molecule has 0 saturated heterocycles. The largest absolute Gasteiger partial charge is 0.495 e. The number of nitrogens with one attached hydrogen (secondary N) is 1. The van der Waals surface area contributed by atoms with Crippen molar-refractivity contribution in [2.24, 2.45) is 0 Å². The molecule has 0 unspecified atom stereocenters. The van der Waals surface area contributed by atoms with Gasteiger partial charge in [0.05, 0.1) is 25.5 Å². The van der Waals surface area contributed by atoms with Crippen molar-refractivity contribution in [3.8, 4) is 5.75 Å². The number of hydrogen-bond donors (Lipinski definition) is 1. The molecular weight excluding hydrogens is 324 g/mol. The maximum Gasteiger partial charge on any atom is 0.337 e. The SMILES string of the molecule is COC(=O)c1ccc(OC)c(NS(=O)(=O)c2c(C)noc2C)c1. The number of ether oxygens (including phenoxy) is 2. The highest BCUT2D eigenvalue weighted by molar-refractivity contribution is 7.92. The molecule has 124 valence electrons. The Morgan fingerprint density at radius 3 is 2.48 bits per heavy atom. The second kappa shape index (κ2) is 6.29. The molecule has 0 aliphatic carbocycles. The zero-order chi connectivity index (χ0) is 17.2. The summed E-state index contributed by atoms with van der Waals surface area (Å²) in [6, 6.07) is 4.27. The Labute approximate surface area is 133 Å². The van der Waals surface area contributed by atoms with Gasteiger partial charge in [-0.2, -0.15) is 0 Å². The van der Waals surface area contributed by atoms with Crippen molar-refractivity contribution < 1.29 is 27.2 Å². The maximum absolute atomic E-state index is 12.5. The summed E-state index contributed by atoms with van der Waals surface area (Å²) >= 11 is 0. The molecule has 23 heavy (non-hydrogen) atoms.